The topological polar surface area (TPSA) is 29.4 Å². The van der Waals surface area contributed by atoms with Crippen LogP contribution in [0.4, 0.5) is 5.00 Å². The van der Waals surface area contributed by atoms with E-state index in [4.69, 9.17) is 0 Å². The van der Waals surface area contributed by atoms with Gasteiger partial charge in [0.05, 0.1) is 0 Å². The molecule has 0 saturated heterocycles. The van der Waals surface area contributed by atoms with Crippen molar-refractivity contribution in [1.29, 1.82) is 0 Å². The normalized spacial score (nSPS) is 9.56. The van der Waals surface area contributed by atoms with Gasteiger partial charge >= 0.3 is 0 Å². The van der Waals surface area contributed by atoms with Crippen LogP contribution < -0.4 is 0 Å². The van der Waals surface area contributed by atoms with Gasteiger partial charge in [-0.1, -0.05) is 0 Å². The summed E-state index contributed by atoms with van der Waals surface area (Å²) in [5, 5.41) is 5.19. The number of nitrogens with zero attached hydrogens (tertiary/aromatic N) is 1. The van der Waals surface area contributed by atoms with Crippen molar-refractivity contribution >= 4 is 16.3 Å². The van der Waals surface area contributed by atoms with Crippen molar-refractivity contribution in [1.82, 2.24) is 0 Å². The van der Waals surface area contributed by atoms with Crippen LogP contribution in [0, 0.1) is 18.8 Å². The zero-order valence-electron chi connectivity index (χ0n) is 5.05. The third-order valence-corrected chi connectivity index (χ3v) is 2.20. The summed E-state index contributed by atoms with van der Waals surface area (Å²) >= 11 is 1.33. The van der Waals surface area contributed by atoms with Crippen LogP contribution in [0.2, 0.25) is 0 Å². The van der Waals surface area contributed by atoms with Gasteiger partial charge in [0.15, 0.2) is 5.00 Å². The molecule has 0 aliphatic carbocycles. The summed E-state index contributed by atoms with van der Waals surface area (Å²) < 4.78 is 0. The minimum absolute atomic E-state index is 0.542. The van der Waals surface area contributed by atoms with E-state index in [0.717, 1.165) is 11.1 Å². The minimum Gasteiger partial charge on any atom is -0.144 e. The lowest BCUT2D eigenvalue weighted by atomic mass is 10.2. The average Bonchev–Trinajstić information content (AvgIpc) is 2.15. The molecular formula is C6H6NOS. The van der Waals surface area contributed by atoms with Gasteiger partial charge < -0.3 is 0 Å². The Hall–Kier alpha value is -0.700. The van der Waals surface area contributed by atoms with Crippen LogP contribution in [0.15, 0.2) is 10.6 Å². The average molecular weight is 140 g/mol. The molecule has 47 valence electrons. The smallest absolute Gasteiger partial charge is 0.144 e. The van der Waals surface area contributed by atoms with Gasteiger partial charge in [0.1, 0.15) is 0 Å². The van der Waals surface area contributed by atoms with Crippen LogP contribution in [0.5, 0.6) is 0 Å². The molecule has 3 heteroatoms. The Morgan fingerprint density at radius 1 is 1.78 bits per heavy atom. The van der Waals surface area contributed by atoms with Gasteiger partial charge in [0.25, 0.3) is 0 Å². The molecule has 0 aliphatic heterocycles. The van der Waals surface area contributed by atoms with Crippen molar-refractivity contribution in [3.8, 4) is 0 Å². The first-order valence-electron chi connectivity index (χ1n) is 2.49. The van der Waals surface area contributed by atoms with Gasteiger partial charge in [-0.05, 0) is 35.5 Å². The second-order valence-corrected chi connectivity index (χ2v) is 2.64. The Morgan fingerprint density at radius 3 is 2.67 bits per heavy atom. The summed E-state index contributed by atoms with van der Waals surface area (Å²) in [6.45, 7) is 5.54. The largest absolute Gasteiger partial charge is 0.163 e. The van der Waals surface area contributed by atoms with Crippen molar-refractivity contribution in [2.75, 3.05) is 0 Å². The van der Waals surface area contributed by atoms with E-state index in [2.05, 4.69) is 12.1 Å². The van der Waals surface area contributed by atoms with Crippen molar-refractivity contribution in [2.24, 2.45) is 5.18 Å². The molecule has 1 aromatic rings. The third-order valence-electron chi connectivity index (χ3n) is 1.20. The SMILES string of the molecule is [CH2]c1csc(N=O)c1C. The summed E-state index contributed by atoms with van der Waals surface area (Å²) in [4.78, 5) is 9.97. The first kappa shape index (κ1) is 6.42. The summed E-state index contributed by atoms with van der Waals surface area (Å²) in [5.41, 5.74) is 1.80. The Morgan fingerprint density at radius 2 is 2.44 bits per heavy atom. The molecule has 0 aromatic carbocycles. The molecule has 0 unspecified atom stereocenters. The zero-order valence-corrected chi connectivity index (χ0v) is 5.86. The lowest BCUT2D eigenvalue weighted by molar-refractivity contribution is 1.43. The van der Waals surface area contributed by atoms with Gasteiger partial charge in [-0.25, -0.2) is 0 Å². The highest BCUT2D eigenvalue weighted by atomic mass is 32.1. The Kier molecular flexibility index (Phi) is 1.62. The fourth-order valence-corrected chi connectivity index (χ4v) is 1.31. The van der Waals surface area contributed by atoms with Crippen molar-refractivity contribution in [3.05, 3.63) is 28.3 Å². The summed E-state index contributed by atoms with van der Waals surface area (Å²) in [6, 6.07) is 0. The van der Waals surface area contributed by atoms with E-state index in [1.165, 1.54) is 11.3 Å². The van der Waals surface area contributed by atoms with E-state index in [1.54, 1.807) is 0 Å². The highest BCUT2D eigenvalue weighted by Gasteiger charge is 2.01. The molecule has 1 aromatic heterocycles. The molecule has 0 bridgehead atoms. The second kappa shape index (κ2) is 2.27. The maximum absolute atomic E-state index is 9.97. The van der Waals surface area contributed by atoms with Crippen molar-refractivity contribution in [3.63, 3.8) is 0 Å². The standard InChI is InChI=1S/C6H6NOS/c1-4-3-9-6(7-8)5(4)2/h3H,1H2,2H3. The maximum Gasteiger partial charge on any atom is 0.163 e. The molecule has 0 fully saturated rings. The lowest BCUT2D eigenvalue weighted by Crippen LogP contribution is -1.66. The Bertz CT molecular complexity index is 229. The van der Waals surface area contributed by atoms with Gasteiger partial charge in [-0.2, -0.15) is 0 Å². The van der Waals surface area contributed by atoms with Gasteiger partial charge in [0, 0.05) is 0 Å². The molecule has 1 heterocycles. The molecule has 0 saturated carbocycles. The predicted octanol–water partition coefficient (Wildman–Crippen LogP) is 2.64. The lowest BCUT2D eigenvalue weighted by Gasteiger charge is -1.84. The summed E-state index contributed by atoms with van der Waals surface area (Å²) in [5.74, 6) is 0. The second-order valence-electron chi connectivity index (χ2n) is 1.78. The highest BCUT2D eigenvalue weighted by Crippen LogP contribution is 2.28. The van der Waals surface area contributed by atoms with Crippen LogP contribution in [0.25, 0.3) is 0 Å². The zero-order chi connectivity index (χ0) is 6.85. The number of thiophene rings is 1. The summed E-state index contributed by atoms with van der Waals surface area (Å²) in [7, 11) is 0. The molecule has 0 aliphatic rings. The molecule has 0 N–H and O–H groups in total. The van der Waals surface area contributed by atoms with Crippen LogP contribution in [-0.4, -0.2) is 0 Å². The van der Waals surface area contributed by atoms with E-state index in [9.17, 15) is 4.91 Å². The quantitative estimate of drug-likeness (QED) is 0.551. The monoisotopic (exact) mass is 140 g/mol. The van der Waals surface area contributed by atoms with E-state index >= 15 is 0 Å². The number of hydrogen-bond donors (Lipinski definition) is 0. The van der Waals surface area contributed by atoms with Gasteiger partial charge in [-0.3, -0.25) is 0 Å². The van der Waals surface area contributed by atoms with E-state index in [1.807, 2.05) is 12.3 Å². The molecule has 1 radical (unpaired) electrons. The number of hydrogen-bond acceptors (Lipinski definition) is 3. The van der Waals surface area contributed by atoms with Gasteiger partial charge in [-0.15, -0.1) is 16.2 Å². The van der Waals surface area contributed by atoms with Crippen LogP contribution in [0.1, 0.15) is 11.1 Å². The molecular weight excluding hydrogens is 134 g/mol. The fraction of sp³-hybridized carbons (Fsp3) is 0.167. The van der Waals surface area contributed by atoms with Crippen molar-refractivity contribution in [2.45, 2.75) is 6.92 Å². The maximum atomic E-state index is 9.97. The first-order chi connectivity index (χ1) is 4.25. The number of rotatable bonds is 1. The van der Waals surface area contributed by atoms with E-state index in [0.29, 0.717) is 5.00 Å². The van der Waals surface area contributed by atoms with E-state index in [-0.39, 0.29) is 0 Å². The Balaban J connectivity index is 3.18. The highest BCUT2D eigenvalue weighted by molar-refractivity contribution is 7.14. The molecule has 0 atom stereocenters. The molecule has 0 amide bonds. The first-order valence-corrected chi connectivity index (χ1v) is 3.37. The third kappa shape index (κ3) is 1.00. The minimum atomic E-state index is 0.542. The van der Waals surface area contributed by atoms with Crippen LogP contribution >= 0.6 is 11.3 Å². The fourth-order valence-electron chi connectivity index (χ4n) is 0.531. The molecule has 9 heavy (non-hydrogen) atoms. The summed E-state index contributed by atoms with van der Waals surface area (Å²) in [6.07, 6.45) is 0. The molecule has 2 nitrogen and oxygen atoms in total. The van der Waals surface area contributed by atoms with Crippen molar-refractivity contribution < 1.29 is 0 Å². The van der Waals surface area contributed by atoms with Crippen LogP contribution in [0.3, 0.4) is 0 Å². The Labute approximate surface area is 57.5 Å². The van der Waals surface area contributed by atoms with E-state index < -0.39 is 0 Å². The van der Waals surface area contributed by atoms with Gasteiger partial charge in [0.2, 0.25) is 0 Å². The molecule has 1 rings (SSSR count). The predicted molar refractivity (Wildman–Crippen MR) is 39.0 cm³/mol. The van der Waals surface area contributed by atoms with Crippen LogP contribution in [-0.2, 0) is 0 Å². The number of nitroso groups, excluding NO2 is 1. The molecule has 0 spiro atoms.